The van der Waals surface area contributed by atoms with E-state index >= 15 is 0 Å². The van der Waals surface area contributed by atoms with E-state index in [9.17, 15) is 17.6 Å². The fourth-order valence-corrected chi connectivity index (χ4v) is 2.37. The Bertz CT molecular complexity index is 528. The SMILES string of the molecule is CC(C(N)=O)S(=O)(=O)c1ccc(N)cc1F. The number of nitrogens with two attached hydrogens (primary N) is 2. The number of sulfone groups is 1. The second kappa shape index (κ2) is 4.09. The Morgan fingerprint density at radius 3 is 2.44 bits per heavy atom. The molecule has 0 radical (unpaired) electrons. The lowest BCUT2D eigenvalue weighted by atomic mass is 10.3. The number of amides is 1. The zero-order valence-electron chi connectivity index (χ0n) is 8.48. The molecule has 0 fully saturated rings. The fourth-order valence-electron chi connectivity index (χ4n) is 1.09. The molecule has 88 valence electrons. The van der Waals surface area contributed by atoms with Crippen LogP contribution >= 0.6 is 0 Å². The van der Waals surface area contributed by atoms with Gasteiger partial charge in [-0.3, -0.25) is 4.79 Å². The largest absolute Gasteiger partial charge is 0.399 e. The van der Waals surface area contributed by atoms with Crippen LogP contribution in [-0.4, -0.2) is 19.6 Å². The Hall–Kier alpha value is -1.63. The number of hydrogen-bond donors (Lipinski definition) is 2. The highest BCUT2D eigenvalue weighted by molar-refractivity contribution is 7.92. The van der Waals surface area contributed by atoms with E-state index in [4.69, 9.17) is 11.5 Å². The smallest absolute Gasteiger partial charge is 0.235 e. The summed E-state index contributed by atoms with van der Waals surface area (Å²) in [5.74, 6) is -2.02. The highest BCUT2D eigenvalue weighted by atomic mass is 32.2. The van der Waals surface area contributed by atoms with Crippen LogP contribution in [0.4, 0.5) is 10.1 Å². The van der Waals surface area contributed by atoms with Gasteiger partial charge in [0.2, 0.25) is 5.91 Å². The third-order valence-electron chi connectivity index (χ3n) is 2.13. The standard InChI is InChI=1S/C9H11FN2O3S/c1-5(9(12)13)16(14,15)8-3-2-6(11)4-7(8)10/h2-5H,11H2,1H3,(H2,12,13). The van der Waals surface area contributed by atoms with Crippen LogP contribution in [0, 0.1) is 5.82 Å². The molecule has 16 heavy (non-hydrogen) atoms. The van der Waals surface area contributed by atoms with E-state index in [-0.39, 0.29) is 5.69 Å². The molecule has 0 saturated heterocycles. The molecule has 0 aliphatic heterocycles. The van der Waals surface area contributed by atoms with Crippen molar-refractivity contribution in [3.05, 3.63) is 24.0 Å². The molecular formula is C9H11FN2O3S. The summed E-state index contributed by atoms with van der Waals surface area (Å²) >= 11 is 0. The summed E-state index contributed by atoms with van der Waals surface area (Å²) in [5, 5.41) is -1.48. The summed E-state index contributed by atoms with van der Waals surface area (Å²) < 4.78 is 36.8. The first kappa shape index (κ1) is 12.4. The van der Waals surface area contributed by atoms with Gasteiger partial charge in [0.25, 0.3) is 0 Å². The fraction of sp³-hybridized carbons (Fsp3) is 0.222. The van der Waals surface area contributed by atoms with E-state index in [1.807, 2.05) is 0 Å². The Morgan fingerprint density at radius 1 is 1.44 bits per heavy atom. The minimum Gasteiger partial charge on any atom is -0.399 e. The lowest BCUT2D eigenvalue weighted by Gasteiger charge is -2.10. The number of rotatable bonds is 3. The molecule has 1 amide bonds. The van der Waals surface area contributed by atoms with Gasteiger partial charge in [-0.2, -0.15) is 0 Å². The minimum absolute atomic E-state index is 0.100. The van der Waals surface area contributed by atoms with E-state index in [1.54, 1.807) is 0 Å². The van der Waals surface area contributed by atoms with Crippen LogP contribution in [0.25, 0.3) is 0 Å². The second-order valence-electron chi connectivity index (χ2n) is 3.28. The normalized spacial score (nSPS) is 13.4. The summed E-state index contributed by atoms with van der Waals surface area (Å²) in [6.45, 7) is 1.10. The van der Waals surface area contributed by atoms with Crippen molar-refractivity contribution < 1.29 is 17.6 Å². The van der Waals surface area contributed by atoms with Crippen molar-refractivity contribution in [1.29, 1.82) is 0 Å². The predicted octanol–water partition coefficient (Wildman–Crippen LogP) is 0.0554. The molecule has 0 saturated carbocycles. The molecule has 1 unspecified atom stereocenters. The van der Waals surface area contributed by atoms with Crippen molar-refractivity contribution in [2.24, 2.45) is 5.73 Å². The maximum Gasteiger partial charge on any atom is 0.235 e. The van der Waals surface area contributed by atoms with Gasteiger partial charge in [-0.15, -0.1) is 0 Å². The number of primary amides is 1. The van der Waals surface area contributed by atoms with Gasteiger partial charge in [0.05, 0.1) is 0 Å². The van der Waals surface area contributed by atoms with Gasteiger partial charge in [-0.1, -0.05) is 0 Å². The second-order valence-corrected chi connectivity index (χ2v) is 5.52. The van der Waals surface area contributed by atoms with Crippen LogP contribution in [0.5, 0.6) is 0 Å². The lowest BCUT2D eigenvalue weighted by Crippen LogP contribution is -2.33. The van der Waals surface area contributed by atoms with Crippen molar-refractivity contribution >= 4 is 21.4 Å². The van der Waals surface area contributed by atoms with Gasteiger partial charge in [-0.05, 0) is 25.1 Å². The maximum atomic E-state index is 13.4. The van der Waals surface area contributed by atoms with Gasteiger partial charge >= 0.3 is 0 Å². The van der Waals surface area contributed by atoms with Gasteiger partial charge in [0, 0.05) is 5.69 Å². The molecule has 1 rings (SSSR count). The average molecular weight is 246 g/mol. The van der Waals surface area contributed by atoms with Crippen molar-refractivity contribution in [3.8, 4) is 0 Å². The van der Waals surface area contributed by atoms with Gasteiger partial charge in [-0.25, -0.2) is 12.8 Å². The van der Waals surface area contributed by atoms with Gasteiger partial charge in [0.1, 0.15) is 16.0 Å². The molecule has 1 atom stereocenters. The first-order valence-corrected chi connectivity index (χ1v) is 5.89. The zero-order chi connectivity index (χ0) is 12.5. The molecule has 0 aromatic heterocycles. The number of hydrogen-bond acceptors (Lipinski definition) is 4. The van der Waals surface area contributed by atoms with E-state index < -0.39 is 31.7 Å². The summed E-state index contributed by atoms with van der Waals surface area (Å²) in [6.07, 6.45) is 0. The molecule has 1 aromatic rings. The van der Waals surface area contributed by atoms with Gasteiger partial charge in [0.15, 0.2) is 9.84 Å². The summed E-state index contributed by atoms with van der Waals surface area (Å²) in [5.41, 5.74) is 10.3. The van der Waals surface area contributed by atoms with E-state index in [0.717, 1.165) is 19.1 Å². The Balaban J connectivity index is 3.33. The lowest BCUT2D eigenvalue weighted by molar-refractivity contribution is -0.117. The summed E-state index contributed by atoms with van der Waals surface area (Å²) in [4.78, 5) is 10.2. The van der Waals surface area contributed by atoms with Gasteiger partial charge < -0.3 is 11.5 Å². The number of benzene rings is 1. The van der Waals surface area contributed by atoms with Crippen LogP contribution in [0.15, 0.2) is 23.1 Å². The number of anilines is 1. The van der Waals surface area contributed by atoms with Crippen LogP contribution in [-0.2, 0) is 14.6 Å². The molecule has 0 bridgehead atoms. The Kier molecular flexibility index (Phi) is 3.18. The van der Waals surface area contributed by atoms with Crippen molar-refractivity contribution in [2.45, 2.75) is 17.1 Å². The predicted molar refractivity (Wildman–Crippen MR) is 56.7 cm³/mol. The monoisotopic (exact) mass is 246 g/mol. The third kappa shape index (κ3) is 2.13. The van der Waals surface area contributed by atoms with E-state index in [1.165, 1.54) is 6.07 Å². The van der Waals surface area contributed by atoms with Crippen molar-refractivity contribution in [2.75, 3.05) is 5.73 Å². The highest BCUT2D eigenvalue weighted by Crippen LogP contribution is 2.21. The molecular weight excluding hydrogens is 235 g/mol. The molecule has 1 aromatic carbocycles. The summed E-state index contributed by atoms with van der Waals surface area (Å²) in [7, 11) is -4.09. The average Bonchev–Trinajstić information content (AvgIpc) is 2.15. The minimum atomic E-state index is -4.09. The number of carbonyl (C=O) groups is 1. The molecule has 0 aliphatic rings. The number of nitrogen functional groups attached to an aromatic ring is 1. The van der Waals surface area contributed by atoms with Crippen LogP contribution < -0.4 is 11.5 Å². The van der Waals surface area contributed by atoms with E-state index in [2.05, 4.69) is 0 Å². The number of carbonyl (C=O) groups excluding carboxylic acids is 1. The first-order chi connectivity index (χ1) is 7.26. The van der Waals surface area contributed by atoms with Crippen molar-refractivity contribution in [3.63, 3.8) is 0 Å². The molecule has 5 nitrogen and oxygen atoms in total. The number of halogens is 1. The van der Waals surface area contributed by atoms with Crippen LogP contribution in [0.1, 0.15) is 6.92 Å². The Morgan fingerprint density at radius 2 is 2.00 bits per heavy atom. The van der Waals surface area contributed by atoms with Crippen LogP contribution in [0.3, 0.4) is 0 Å². The van der Waals surface area contributed by atoms with Crippen LogP contribution in [0.2, 0.25) is 0 Å². The third-order valence-corrected chi connectivity index (χ3v) is 4.24. The van der Waals surface area contributed by atoms with E-state index in [0.29, 0.717) is 0 Å². The molecule has 0 aliphatic carbocycles. The first-order valence-electron chi connectivity index (χ1n) is 4.35. The molecule has 4 N–H and O–H groups in total. The molecule has 7 heteroatoms. The highest BCUT2D eigenvalue weighted by Gasteiger charge is 2.30. The molecule has 0 spiro atoms. The maximum absolute atomic E-state index is 13.4. The van der Waals surface area contributed by atoms with Crippen molar-refractivity contribution in [1.82, 2.24) is 0 Å². The topological polar surface area (TPSA) is 103 Å². The quantitative estimate of drug-likeness (QED) is 0.735. The summed E-state index contributed by atoms with van der Waals surface area (Å²) in [6, 6.07) is 3.13. The zero-order valence-corrected chi connectivity index (χ0v) is 9.29. The molecule has 0 heterocycles. The Labute approximate surface area is 92.2 Å².